The second-order valence-electron chi connectivity index (χ2n) is 2.71. The van der Waals surface area contributed by atoms with Crippen LogP contribution in [0.4, 0.5) is 4.39 Å². The minimum atomic E-state index is -0.322. The first kappa shape index (κ1) is 8.18. The van der Waals surface area contributed by atoms with E-state index in [9.17, 15) is 4.39 Å². The number of rotatable bonds is 2. The summed E-state index contributed by atoms with van der Waals surface area (Å²) in [6.45, 7) is 3.95. The van der Waals surface area contributed by atoms with Gasteiger partial charge in [0.25, 0.3) is 0 Å². The van der Waals surface area contributed by atoms with Crippen LogP contribution in [0.15, 0.2) is 12.3 Å². The number of hydrogen-bond donors (Lipinski definition) is 0. The molecule has 0 radical (unpaired) electrons. The summed E-state index contributed by atoms with van der Waals surface area (Å²) in [5, 5.41) is 0. The molecule has 0 aliphatic heterocycles. The largest absolute Gasteiger partial charge is 0.228 e. The Morgan fingerprint density at radius 1 is 1.55 bits per heavy atom. The predicted octanol–water partition coefficient (Wildman–Crippen LogP) is 2.48. The third-order valence-corrected chi connectivity index (χ3v) is 1.57. The minimum Gasteiger partial charge on any atom is -0.228 e. The van der Waals surface area contributed by atoms with E-state index in [-0.39, 0.29) is 5.95 Å². The summed E-state index contributed by atoms with van der Waals surface area (Å²) >= 11 is 0. The van der Waals surface area contributed by atoms with Crippen molar-refractivity contribution < 1.29 is 4.39 Å². The van der Waals surface area contributed by atoms with Crippen molar-refractivity contribution in [3.05, 3.63) is 29.3 Å². The first-order valence-electron chi connectivity index (χ1n) is 3.85. The lowest BCUT2D eigenvalue weighted by Crippen LogP contribution is -1.93. The lowest BCUT2D eigenvalue weighted by atomic mass is 10.1. The highest BCUT2D eigenvalue weighted by Crippen LogP contribution is 2.08. The van der Waals surface area contributed by atoms with Gasteiger partial charge in [0.1, 0.15) is 0 Å². The molecule has 0 saturated heterocycles. The smallest absolute Gasteiger partial charge is 0.216 e. The molecule has 1 nitrogen and oxygen atoms in total. The second kappa shape index (κ2) is 3.46. The van der Waals surface area contributed by atoms with Crippen LogP contribution in [-0.4, -0.2) is 4.98 Å². The molecule has 0 N–H and O–H groups in total. The lowest BCUT2D eigenvalue weighted by Gasteiger charge is -2.00. The highest BCUT2D eigenvalue weighted by molar-refractivity contribution is 5.17. The molecule has 0 atom stereocenters. The maximum atomic E-state index is 12.8. The molecule has 0 amide bonds. The maximum Gasteiger partial charge on any atom is 0.216 e. The monoisotopic (exact) mass is 153 g/mol. The van der Waals surface area contributed by atoms with Crippen LogP contribution in [0.2, 0.25) is 0 Å². The molecule has 0 aliphatic rings. The van der Waals surface area contributed by atoms with Crippen molar-refractivity contribution in [2.75, 3.05) is 0 Å². The van der Waals surface area contributed by atoms with Gasteiger partial charge in [0.15, 0.2) is 0 Å². The summed E-state index contributed by atoms with van der Waals surface area (Å²) in [4.78, 5) is 3.63. The van der Waals surface area contributed by atoms with Crippen molar-refractivity contribution in [3.63, 3.8) is 0 Å². The van der Waals surface area contributed by atoms with Crippen LogP contribution >= 0.6 is 0 Å². The molecular formula is C9H12FN. The Kier molecular flexibility index (Phi) is 2.58. The molecule has 0 saturated carbocycles. The van der Waals surface area contributed by atoms with Gasteiger partial charge >= 0.3 is 0 Å². The summed E-state index contributed by atoms with van der Waals surface area (Å²) < 4.78 is 12.8. The topological polar surface area (TPSA) is 12.9 Å². The molecular weight excluding hydrogens is 141 g/mol. The summed E-state index contributed by atoms with van der Waals surface area (Å²) in [6.07, 6.45) is 3.29. The summed E-state index contributed by atoms with van der Waals surface area (Å²) in [5.41, 5.74) is 1.75. The van der Waals surface area contributed by atoms with Gasteiger partial charge in [-0.1, -0.05) is 19.4 Å². The molecule has 0 aliphatic carbocycles. The van der Waals surface area contributed by atoms with Crippen LogP contribution in [0, 0.1) is 12.9 Å². The third-order valence-electron chi connectivity index (χ3n) is 1.57. The van der Waals surface area contributed by atoms with E-state index < -0.39 is 0 Å². The lowest BCUT2D eigenvalue weighted by molar-refractivity contribution is 0.563. The molecule has 0 fully saturated rings. The Labute approximate surface area is 66.3 Å². The van der Waals surface area contributed by atoms with Gasteiger partial charge in [-0.25, -0.2) is 4.98 Å². The Balaban J connectivity index is 2.93. The minimum absolute atomic E-state index is 0.322. The van der Waals surface area contributed by atoms with Gasteiger partial charge < -0.3 is 0 Å². The van der Waals surface area contributed by atoms with E-state index >= 15 is 0 Å². The summed E-state index contributed by atoms with van der Waals surface area (Å²) in [5.74, 6) is -0.322. The Morgan fingerprint density at radius 2 is 2.27 bits per heavy atom. The van der Waals surface area contributed by atoms with E-state index in [4.69, 9.17) is 0 Å². The normalized spacial score (nSPS) is 10.1. The van der Waals surface area contributed by atoms with E-state index in [2.05, 4.69) is 4.98 Å². The molecule has 0 aromatic carbocycles. The maximum absolute atomic E-state index is 12.8. The number of halogens is 1. The Bertz CT molecular complexity index is 245. The molecule has 1 aromatic rings. The number of hydrogen-bond acceptors (Lipinski definition) is 1. The number of nitrogens with zero attached hydrogens (tertiary/aromatic N) is 1. The molecule has 60 valence electrons. The molecule has 0 unspecified atom stereocenters. The number of aromatic nitrogens is 1. The van der Waals surface area contributed by atoms with Gasteiger partial charge in [-0.05, 0) is 18.9 Å². The van der Waals surface area contributed by atoms with Crippen LogP contribution < -0.4 is 0 Å². The summed E-state index contributed by atoms with van der Waals surface area (Å²) in [7, 11) is 0. The molecule has 2 heteroatoms. The highest BCUT2D eigenvalue weighted by Gasteiger charge is 2.00. The zero-order chi connectivity index (χ0) is 8.27. The van der Waals surface area contributed by atoms with Crippen LogP contribution in [0.5, 0.6) is 0 Å². The number of pyridine rings is 1. The molecule has 11 heavy (non-hydrogen) atoms. The van der Waals surface area contributed by atoms with Gasteiger partial charge in [-0.15, -0.1) is 0 Å². The highest BCUT2D eigenvalue weighted by atomic mass is 19.1. The fraction of sp³-hybridized carbons (Fsp3) is 0.444. The zero-order valence-electron chi connectivity index (χ0n) is 6.89. The molecule has 1 aromatic heterocycles. The first-order chi connectivity index (χ1) is 5.24. The van der Waals surface area contributed by atoms with Gasteiger partial charge in [0.2, 0.25) is 5.95 Å². The van der Waals surface area contributed by atoms with Crippen molar-refractivity contribution in [1.29, 1.82) is 0 Å². The summed E-state index contributed by atoms with van der Waals surface area (Å²) in [6, 6.07) is 1.85. The predicted molar refractivity (Wildman–Crippen MR) is 42.9 cm³/mol. The van der Waals surface area contributed by atoms with Crippen LogP contribution in [0.1, 0.15) is 24.5 Å². The quantitative estimate of drug-likeness (QED) is 0.595. The van der Waals surface area contributed by atoms with Gasteiger partial charge in [0, 0.05) is 11.8 Å². The SMILES string of the molecule is CCCc1cc(C)cnc1F. The average Bonchev–Trinajstić information content (AvgIpc) is 1.98. The fourth-order valence-electron chi connectivity index (χ4n) is 1.06. The van der Waals surface area contributed by atoms with Crippen molar-refractivity contribution in [1.82, 2.24) is 4.98 Å². The second-order valence-corrected chi connectivity index (χ2v) is 2.71. The molecule has 1 rings (SSSR count). The molecule has 1 heterocycles. The van der Waals surface area contributed by atoms with Crippen LogP contribution in [0.3, 0.4) is 0 Å². The van der Waals surface area contributed by atoms with E-state index in [0.29, 0.717) is 0 Å². The van der Waals surface area contributed by atoms with Crippen molar-refractivity contribution in [3.8, 4) is 0 Å². The van der Waals surface area contributed by atoms with E-state index in [1.165, 1.54) is 0 Å². The van der Waals surface area contributed by atoms with Gasteiger partial charge in [0.05, 0.1) is 0 Å². The number of aryl methyl sites for hydroxylation is 2. The third kappa shape index (κ3) is 2.00. The molecule has 0 bridgehead atoms. The van der Waals surface area contributed by atoms with Gasteiger partial charge in [-0.2, -0.15) is 4.39 Å². The van der Waals surface area contributed by atoms with Crippen molar-refractivity contribution in [2.24, 2.45) is 0 Å². The van der Waals surface area contributed by atoms with Crippen LogP contribution in [-0.2, 0) is 6.42 Å². The van der Waals surface area contributed by atoms with E-state index in [1.807, 2.05) is 19.9 Å². The Hall–Kier alpha value is -0.920. The fourth-order valence-corrected chi connectivity index (χ4v) is 1.06. The Morgan fingerprint density at radius 3 is 2.91 bits per heavy atom. The van der Waals surface area contributed by atoms with Crippen LogP contribution in [0.25, 0.3) is 0 Å². The molecule has 0 spiro atoms. The van der Waals surface area contributed by atoms with E-state index in [0.717, 1.165) is 24.0 Å². The first-order valence-corrected chi connectivity index (χ1v) is 3.85. The average molecular weight is 153 g/mol. The van der Waals surface area contributed by atoms with Crippen molar-refractivity contribution in [2.45, 2.75) is 26.7 Å². The van der Waals surface area contributed by atoms with E-state index in [1.54, 1.807) is 6.20 Å². The zero-order valence-corrected chi connectivity index (χ0v) is 6.89. The standard InChI is InChI=1S/C9H12FN/c1-3-4-8-5-7(2)6-11-9(8)10/h5-6H,3-4H2,1-2H3. The van der Waals surface area contributed by atoms with Gasteiger partial charge in [-0.3, -0.25) is 0 Å². The van der Waals surface area contributed by atoms with Crippen molar-refractivity contribution >= 4 is 0 Å².